The highest BCUT2D eigenvalue weighted by atomic mass is 16.5. The number of fused-ring (bicyclic) bond motifs is 1. The minimum absolute atomic E-state index is 0.0662. The van der Waals surface area contributed by atoms with Gasteiger partial charge in [0.15, 0.2) is 0 Å². The number of aliphatic hydroxyl groups excluding tert-OH is 1. The molecule has 1 saturated carbocycles. The smallest absolute Gasteiger partial charge is 0.259 e. The van der Waals surface area contributed by atoms with Gasteiger partial charge < -0.3 is 24.4 Å². The van der Waals surface area contributed by atoms with E-state index < -0.39 is 0 Å². The van der Waals surface area contributed by atoms with Crippen LogP contribution in [0.1, 0.15) is 42.6 Å². The van der Waals surface area contributed by atoms with Gasteiger partial charge in [0, 0.05) is 44.3 Å². The lowest BCUT2D eigenvalue weighted by Gasteiger charge is -2.37. The predicted octanol–water partition coefficient (Wildman–Crippen LogP) is 1.17. The molecule has 1 fully saturated rings. The fraction of sp³-hybridized carbons (Fsp3) is 0.609. The van der Waals surface area contributed by atoms with Gasteiger partial charge in [0.2, 0.25) is 11.8 Å². The Morgan fingerprint density at radius 2 is 2.23 bits per heavy atom. The van der Waals surface area contributed by atoms with E-state index in [0.717, 1.165) is 12.8 Å². The standard InChI is InChI=1S/C23H31N3O5/c1-15-12-26(16(2)14-27)23(29)19-10-17(6-5-9-30-4)11-24-21(19)31-20(15)13-25(3)22(28)18-7-8-18/h10-11,15-16,18,20,27H,7-9,12-14H2,1-4H3/t15-,16-,20+/m1/s1. The molecule has 31 heavy (non-hydrogen) atoms. The van der Waals surface area contributed by atoms with Crippen LogP contribution in [-0.4, -0.2) is 84.3 Å². The minimum Gasteiger partial charge on any atom is -0.472 e. The van der Waals surface area contributed by atoms with Crippen molar-refractivity contribution in [2.24, 2.45) is 11.8 Å². The van der Waals surface area contributed by atoms with Crippen molar-refractivity contribution in [2.45, 2.75) is 38.8 Å². The Morgan fingerprint density at radius 1 is 1.48 bits per heavy atom. The number of hydrogen-bond donors (Lipinski definition) is 1. The highest BCUT2D eigenvalue weighted by molar-refractivity contribution is 5.97. The lowest BCUT2D eigenvalue weighted by atomic mass is 9.99. The third-order valence-electron chi connectivity index (χ3n) is 5.73. The quantitative estimate of drug-likeness (QED) is 0.683. The molecule has 0 aromatic carbocycles. The molecule has 2 aliphatic rings. The van der Waals surface area contributed by atoms with Crippen molar-refractivity contribution in [3.8, 4) is 17.7 Å². The fourth-order valence-corrected chi connectivity index (χ4v) is 3.60. The van der Waals surface area contributed by atoms with Crippen molar-refractivity contribution in [2.75, 3.05) is 40.5 Å². The van der Waals surface area contributed by atoms with Crippen molar-refractivity contribution in [1.82, 2.24) is 14.8 Å². The first-order valence-electron chi connectivity index (χ1n) is 10.7. The summed E-state index contributed by atoms with van der Waals surface area (Å²) in [4.78, 5) is 33.5. The Bertz CT molecular complexity index is 874. The van der Waals surface area contributed by atoms with E-state index in [2.05, 4.69) is 16.8 Å². The van der Waals surface area contributed by atoms with E-state index in [0.29, 0.717) is 24.2 Å². The number of rotatable bonds is 6. The lowest BCUT2D eigenvalue weighted by Crippen LogP contribution is -2.50. The first kappa shape index (κ1) is 23.0. The van der Waals surface area contributed by atoms with Crippen molar-refractivity contribution in [3.63, 3.8) is 0 Å². The van der Waals surface area contributed by atoms with Gasteiger partial charge in [-0.05, 0) is 25.8 Å². The molecule has 0 unspecified atom stereocenters. The van der Waals surface area contributed by atoms with Gasteiger partial charge in [-0.2, -0.15) is 0 Å². The summed E-state index contributed by atoms with van der Waals surface area (Å²) in [5.74, 6) is 5.94. The van der Waals surface area contributed by atoms with Crippen molar-refractivity contribution in [1.29, 1.82) is 0 Å². The van der Waals surface area contributed by atoms with Crippen LogP contribution in [0, 0.1) is 23.7 Å². The molecule has 8 nitrogen and oxygen atoms in total. The average Bonchev–Trinajstić information content (AvgIpc) is 3.61. The van der Waals surface area contributed by atoms with Gasteiger partial charge in [0.1, 0.15) is 18.3 Å². The van der Waals surface area contributed by atoms with Gasteiger partial charge in [0.05, 0.1) is 19.2 Å². The van der Waals surface area contributed by atoms with Crippen molar-refractivity contribution >= 4 is 11.8 Å². The minimum atomic E-state index is -0.365. The van der Waals surface area contributed by atoms with E-state index >= 15 is 0 Å². The molecule has 8 heteroatoms. The normalized spacial score (nSPS) is 21.7. The summed E-state index contributed by atoms with van der Waals surface area (Å²) in [6.07, 6.45) is 3.11. The van der Waals surface area contributed by atoms with Gasteiger partial charge in [-0.25, -0.2) is 4.98 Å². The van der Waals surface area contributed by atoms with E-state index in [-0.39, 0.29) is 54.9 Å². The second-order valence-corrected chi connectivity index (χ2v) is 8.43. The maximum atomic E-state index is 13.3. The lowest BCUT2D eigenvalue weighted by molar-refractivity contribution is -0.132. The van der Waals surface area contributed by atoms with Crippen LogP contribution < -0.4 is 4.74 Å². The summed E-state index contributed by atoms with van der Waals surface area (Å²) in [5.41, 5.74) is 0.883. The summed E-state index contributed by atoms with van der Waals surface area (Å²) < 4.78 is 11.1. The van der Waals surface area contributed by atoms with Crippen LogP contribution in [-0.2, 0) is 9.53 Å². The van der Waals surface area contributed by atoms with Crippen LogP contribution in [0.4, 0.5) is 0 Å². The zero-order valence-corrected chi connectivity index (χ0v) is 18.6. The highest BCUT2D eigenvalue weighted by Gasteiger charge is 2.37. The van der Waals surface area contributed by atoms with Crippen molar-refractivity contribution in [3.05, 3.63) is 23.4 Å². The highest BCUT2D eigenvalue weighted by Crippen LogP contribution is 2.32. The van der Waals surface area contributed by atoms with Crippen LogP contribution in [0.2, 0.25) is 0 Å². The molecule has 0 spiro atoms. The molecule has 1 aromatic heterocycles. The molecule has 2 amide bonds. The predicted molar refractivity (Wildman–Crippen MR) is 115 cm³/mol. The molecule has 1 N–H and O–H groups in total. The van der Waals surface area contributed by atoms with Crippen LogP contribution in [0.15, 0.2) is 12.3 Å². The fourth-order valence-electron chi connectivity index (χ4n) is 3.60. The number of aliphatic hydroxyl groups is 1. The number of methoxy groups -OCH3 is 1. The van der Waals surface area contributed by atoms with Gasteiger partial charge in [0.25, 0.3) is 5.91 Å². The molecule has 0 saturated heterocycles. The second-order valence-electron chi connectivity index (χ2n) is 8.43. The molecule has 2 heterocycles. The summed E-state index contributed by atoms with van der Waals surface area (Å²) >= 11 is 0. The second kappa shape index (κ2) is 10.1. The number of nitrogens with zero attached hydrogens (tertiary/aromatic N) is 3. The molecule has 168 valence electrons. The van der Waals surface area contributed by atoms with Gasteiger partial charge >= 0.3 is 0 Å². The number of amides is 2. The molecule has 0 radical (unpaired) electrons. The largest absolute Gasteiger partial charge is 0.472 e. The zero-order valence-electron chi connectivity index (χ0n) is 18.6. The SMILES string of the molecule is COCC#Cc1cnc2c(c1)C(=O)N([C@H](C)CO)C[C@@H](C)[C@H](CN(C)C(=O)C1CC1)O2. The average molecular weight is 430 g/mol. The van der Waals surface area contributed by atoms with E-state index in [9.17, 15) is 14.7 Å². The van der Waals surface area contributed by atoms with Gasteiger partial charge in [-0.15, -0.1) is 0 Å². The number of likely N-dealkylation sites (N-methyl/N-ethyl adjacent to an activating group) is 1. The number of pyridine rings is 1. The maximum absolute atomic E-state index is 13.3. The van der Waals surface area contributed by atoms with E-state index in [4.69, 9.17) is 9.47 Å². The molecular formula is C23H31N3O5. The molecule has 1 aliphatic heterocycles. The summed E-state index contributed by atoms with van der Waals surface area (Å²) in [6.45, 7) is 4.72. The molecule has 1 aliphatic carbocycles. The van der Waals surface area contributed by atoms with Gasteiger partial charge in [-0.3, -0.25) is 9.59 Å². The number of carbonyl (C=O) groups is 2. The number of ether oxygens (including phenoxy) is 2. The molecule has 0 bridgehead atoms. The van der Waals surface area contributed by atoms with Crippen molar-refractivity contribution < 1.29 is 24.2 Å². The van der Waals surface area contributed by atoms with Gasteiger partial charge in [-0.1, -0.05) is 18.8 Å². The van der Waals surface area contributed by atoms with Crippen LogP contribution in [0.25, 0.3) is 0 Å². The third kappa shape index (κ3) is 5.54. The van der Waals surface area contributed by atoms with E-state index in [1.54, 1.807) is 43.1 Å². The maximum Gasteiger partial charge on any atom is 0.259 e. The first-order chi connectivity index (χ1) is 14.8. The Morgan fingerprint density at radius 3 is 2.87 bits per heavy atom. The van der Waals surface area contributed by atoms with Crippen LogP contribution >= 0.6 is 0 Å². The Kier molecular flexibility index (Phi) is 7.52. The summed E-state index contributed by atoms with van der Waals surface area (Å²) in [5, 5.41) is 9.72. The molecule has 3 rings (SSSR count). The van der Waals surface area contributed by atoms with E-state index in [1.807, 2.05) is 6.92 Å². The van der Waals surface area contributed by atoms with Crippen LogP contribution in [0.3, 0.4) is 0 Å². The Balaban J connectivity index is 1.93. The number of carbonyl (C=O) groups excluding carboxylic acids is 2. The number of hydrogen-bond acceptors (Lipinski definition) is 6. The van der Waals surface area contributed by atoms with E-state index in [1.165, 1.54) is 0 Å². The Hall–Kier alpha value is -2.63. The molecule has 3 atom stereocenters. The third-order valence-corrected chi connectivity index (χ3v) is 5.73. The zero-order chi connectivity index (χ0) is 22.5. The summed E-state index contributed by atoms with van der Waals surface area (Å²) in [7, 11) is 3.35. The van der Waals surface area contributed by atoms with Crippen LogP contribution in [0.5, 0.6) is 5.88 Å². The molecule has 1 aromatic rings. The first-order valence-corrected chi connectivity index (χ1v) is 10.7. The molecular weight excluding hydrogens is 398 g/mol. The Labute approximate surface area is 183 Å². The topological polar surface area (TPSA) is 92.2 Å². The number of aromatic nitrogens is 1. The monoisotopic (exact) mass is 429 g/mol. The summed E-state index contributed by atoms with van der Waals surface area (Å²) in [6, 6.07) is 1.30.